The van der Waals surface area contributed by atoms with Crippen molar-refractivity contribution in [2.45, 2.75) is 37.0 Å². The van der Waals surface area contributed by atoms with Crippen LogP contribution in [0.3, 0.4) is 0 Å². The molecule has 1 fully saturated rings. The summed E-state index contributed by atoms with van der Waals surface area (Å²) < 4.78 is 5.49. The number of benzene rings is 1. The van der Waals surface area contributed by atoms with E-state index in [-0.39, 0.29) is 23.1 Å². The molecule has 0 radical (unpaired) electrons. The number of hydrogen-bond donors (Lipinski definition) is 3. The Labute approximate surface area is 129 Å². The number of hydrogen-bond acceptors (Lipinski definition) is 5. The van der Waals surface area contributed by atoms with Crippen LogP contribution < -0.4 is 0 Å². The smallest absolute Gasteiger partial charge is 0.157 e. The van der Waals surface area contributed by atoms with Crippen molar-refractivity contribution in [3.63, 3.8) is 0 Å². The monoisotopic (exact) mass is 303 g/mol. The summed E-state index contributed by atoms with van der Waals surface area (Å²) in [4.78, 5) is 2.43. The van der Waals surface area contributed by atoms with Crippen molar-refractivity contribution in [2.24, 2.45) is 0 Å². The van der Waals surface area contributed by atoms with Gasteiger partial charge in [0.15, 0.2) is 11.5 Å². The van der Waals surface area contributed by atoms with Gasteiger partial charge < -0.3 is 20.1 Å². The summed E-state index contributed by atoms with van der Waals surface area (Å²) in [6.45, 7) is 1.87. The number of aliphatic hydroxyl groups excluding tert-OH is 1. The minimum absolute atomic E-state index is 0.0636. The molecule has 5 nitrogen and oxygen atoms in total. The van der Waals surface area contributed by atoms with E-state index in [1.54, 1.807) is 19.2 Å². The maximum Gasteiger partial charge on any atom is 0.157 e. The SMILES string of the molecule is CO[C@@H]1C[C@@]23C(=C[C@@H]1O)CCN2CCc1cc(O)c(O)cc13. The lowest BCUT2D eigenvalue weighted by molar-refractivity contribution is -0.0345. The Morgan fingerprint density at radius 1 is 1.18 bits per heavy atom. The van der Waals surface area contributed by atoms with Gasteiger partial charge in [0.05, 0.1) is 17.7 Å². The molecule has 3 atom stereocenters. The third kappa shape index (κ3) is 1.70. The molecule has 3 aliphatic rings. The molecular formula is C17H21NO4. The van der Waals surface area contributed by atoms with Crippen LogP contribution in [-0.4, -0.2) is 52.6 Å². The lowest BCUT2D eigenvalue weighted by Crippen LogP contribution is -2.52. The van der Waals surface area contributed by atoms with Crippen LogP contribution in [0.25, 0.3) is 0 Å². The average Bonchev–Trinajstić information content (AvgIpc) is 2.87. The maximum absolute atomic E-state index is 10.2. The third-order valence-corrected chi connectivity index (χ3v) is 5.57. The van der Waals surface area contributed by atoms with E-state index in [2.05, 4.69) is 4.90 Å². The summed E-state index contributed by atoms with van der Waals surface area (Å²) in [5, 5.41) is 30.0. The van der Waals surface area contributed by atoms with E-state index >= 15 is 0 Å². The molecule has 0 bridgehead atoms. The van der Waals surface area contributed by atoms with Gasteiger partial charge in [0.25, 0.3) is 0 Å². The van der Waals surface area contributed by atoms with E-state index in [0.717, 1.165) is 37.1 Å². The van der Waals surface area contributed by atoms with Gasteiger partial charge >= 0.3 is 0 Å². The highest BCUT2D eigenvalue weighted by molar-refractivity contribution is 5.54. The van der Waals surface area contributed by atoms with E-state index < -0.39 is 6.10 Å². The molecule has 1 aromatic carbocycles. The summed E-state index contributed by atoms with van der Waals surface area (Å²) in [6.07, 6.45) is 3.55. The van der Waals surface area contributed by atoms with Gasteiger partial charge in [-0.3, -0.25) is 4.90 Å². The molecule has 1 aliphatic carbocycles. The summed E-state index contributed by atoms with van der Waals surface area (Å²) >= 11 is 0. The largest absolute Gasteiger partial charge is 0.504 e. The summed E-state index contributed by atoms with van der Waals surface area (Å²) in [5.74, 6) is -0.146. The van der Waals surface area contributed by atoms with Gasteiger partial charge in [-0.25, -0.2) is 0 Å². The first-order valence-electron chi connectivity index (χ1n) is 7.78. The molecule has 0 saturated carbocycles. The first kappa shape index (κ1) is 14.1. The standard InChI is InChI=1S/C17H21NO4/c1-22-16-9-17-11(7-15(16)21)3-5-18(17)4-2-10-6-13(19)14(20)8-12(10)17/h6-8,15-16,19-21H,2-5,9H2,1H3/t15-,16+,17-/m0/s1. The van der Waals surface area contributed by atoms with Gasteiger partial charge in [0.2, 0.25) is 0 Å². The molecular weight excluding hydrogens is 282 g/mol. The van der Waals surface area contributed by atoms with Gasteiger partial charge in [-0.1, -0.05) is 6.08 Å². The molecule has 3 N–H and O–H groups in total. The van der Waals surface area contributed by atoms with Gasteiger partial charge in [-0.15, -0.1) is 0 Å². The number of phenols is 2. The molecule has 118 valence electrons. The molecule has 22 heavy (non-hydrogen) atoms. The first-order valence-corrected chi connectivity index (χ1v) is 7.78. The van der Waals surface area contributed by atoms with E-state index in [9.17, 15) is 15.3 Å². The fourth-order valence-corrected chi connectivity index (χ4v) is 4.51. The normalized spacial score (nSPS) is 33.8. The predicted molar refractivity (Wildman–Crippen MR) is 80.8 cm³/mol. The molecule has 1 saturated heterocycles. The fourth-order valence-electron chi connectivity index (χ4n) is 4.51. The summed E-state index contributed by atoms with van der Waals surface area (Å²) in [5.41, 5.74) is 3.02. The van der Waals surface area contributed by atoms with E-state index in [1.807, 2.05) is 6.08 Å². The number of aliphatic hydroxyl groups is 1. The van der Waals surface area contributed by atoms with Crippen LogP contribution in [0.4, 0.5) is 0 Å². The van der Waals surface area contributed by atoms with E-state index in [0.29, 0.717) is 6.42 Å². The van der Waals surface area contributed by atoms with Crippen molar-refractivity contribution in [1.82, 2.24) is 4.90 Å². The number of phenolic OH excluding ortho intramolecular Hbond substituents is 2. The van der Waals surface area contributed by atoms with E-state index in [1.165, 1.54) is 5.57 Å². The second-order valence-corrected chi connectivity index (χ2v) is 6.51. The Bertz CT molecular complexity index is 656. The Kier molecular flexibility index (Phi) is 3.01. The average molecular weight is 303 g/mol. The molecule has 5 heteroatoms. The van der Waals surface area contributed by atoms with Crippen molar-refractivity contribution >= 4 is 0 Å². The van der Waals surface area contributed by atoms with Gasteiger partial charge in [-0.2, -0.15) is 0 Å². The summed E-state index contributed by atoms with van der Waals surface area (Å²) in [6, 6.07) is 3.37. The van der Waals surface area contributed by atoms with Crippen LogP contribution in [0, 0.1) is 0 Å². The highest BCUT2D eigenvalue weighted by atomic mass is 16.5. The molecule has 0 amide bonds. The topological polar surface area (TPSA) is 73.2 Å². The van der Waals surface area contributed by atoms with E-state index in [4.69, 9.17) is 4.74 Å². The van der Waals surface area contributed by atoms with Crippen LogP contribution in [0.1, 0.15) is 24.0 Å². The van der Waals surface area contributed by atoms with Crippen LogP contribution in [0.2, 0.25) is 0 Å². The number of ether oxygens (including phenoxy) is 1. The van der Waals surface area contributed by atoms with Crippen LogP contribution >= 0.6 is 0 Å². The maximum atomic E-state index is 10.2. The third-order valence-electron chi connectivity index (χ3n) is 5.57. The van der Waals surface area contributed by atoms with Crippen LogP contribution in [0.15, 0.2) is 23.8 Å². The zero-order valence-electron chi connectivity index (χ0n) is 12.6. The zero-order chi connectivity index (χ0) is 15.5. The number of fused-ring (bicyclic) bond motifs is 1. The Morgan fingerprint density at radius 2 is 1.91 bits per heavy atom. The second-order valence-electron chi connectivity index (χ2n) is 6.51. The number of aromatic hydroxyl groups is 2. The van der Waals surface area contributed by atoms with Crippen LogP contribution in [-0.2, 0) is 16.7 Å². The van der Waals surface area contributed by atoms with Crippen molar-refractivity contribution < 1.29 is 20.1 Å². The lowest BCUT2D eigenvalue weighted by Gasteiger charge is -2.49. The molecule has 0 unspecified atom stereocenters. The number of methoxy groups -OCH3 is 1. The lowest BCUT2D eigenvalue weighted by atomic mass is 9.70. The number of rotatable bonds is 1. The Morgan fingerprint density at radius 3 is 2.68 bits per heavy atom. The van der Waals surface area contributed by atoms with Gasteiger partial charge in [0.1, 0.15) is 0 Å². The molecule has 0 aromatic heterocycles. The minimum Gasteiger partial charge on any atom is -0.504 e. The number of nitrogens with zero attached hydrogens (tertiary/aromatic N) is 1. The van der Waals surface area contributed by atoms with Gasteiger partial charge in [0, 0.05) is 26.6 Å². The highest BCUT2D eigenvalue weighted by Crippen LogP contribution is 2.54. The molecule has 1 aromatic rings. The molecule has 1 spiro atoms. The Balaban J connectivity index is 1.93. The summed E-state index contributed by atoms with van der Waals surface area (Å²) in [7, 11) is 1.63. The quantitative estimate of drug-likeness (QED) is 0.538. The first-order chi connectivity index (χ1) is 10.6. The fraction of sp³-hybridized carbons (Fsp3) is 0.529. The second kappa shape index (κ2) is 4.72. The predicted octanol–water partition coefficient (Wildman–Crippen LogP) is 1.26. The molecule has 4 rings (SSSR count). The highest BCUT2D eigenvalue weighted by Gasteiger charge is 2.53. The zero-order valence-corrected chi connectivity index (χ0v) is 12.6. The minimum atomic E-state index is -0.582. The van der Waals surface area contributed by atoms with Crippen molar-refractivity contribution in [3.05, 3.63) is 34.9 Å². The molecule has 2 aliphatic heterocycles. The molecule has 2 heterocycles. The van der Waals surface area contributed by atoms with Crippen LogP contribution in [0.5, 0.6) is 11.5 Å². The van der Waals surface area contributed by atoms with Crippen molar-refractivity contribution in [1.29, 1.82) is 0 Å². The van der Waals surface area contributed by atoms with Crippen molar-refractivity contribution in [2.75, 3.05) is 20.2 Å². The van der Waals surface area contributed by atoms with Crippen molar-refractivity contribution in [3.8, 4) is 11.5 Å². The van der Waals surface area contributed by atoms with Gasteiger partial charge in [-0.05, 0) is 41.7 Å². The Hall–Kier alpha value is -1.56.